The van der Waals surface area contributed by atoms with E-state index in [1.165, 1.54) is 0 Å². The molecule has 76 valence electrons. The average molecular weight is 193 g/mol. The Kier molecular flexibility index (Phi) is 3.91. The number of anilines is 2. The molecule has 0 aliphatic rings. The number of nitrogens with two attached hydrogens (primary N) is 1. The SMILES string of the molecule is CCCCC(=O)Nc1cccc(N)n1. The first-order valence-corrected chi connectivity index (χ1v) is 4.74. The number of hydrogen-bond acceptors (Lipinski definition) is 3. The monoisotopic (exact) mass is 193 g/mol. The number of amides is 1. The molecule has 0 bridgehead atoms. The average Bonchev–Trinajstić information content (AvgIpc) is 2.15. The van der Waals surface area contributed by atoms with Crippen LogP contribution in [0, 0.1) is 0 Å². The standard InChI is InChI=1S/C10H15N3O/c1-2-3-7-10(14)13-9-6-4-5-8(11)12-9/h4-6H,2-3,7H2,1H3,(H3,11,12,13,14). The Hall–Kier alpha value is -1.58. The van der Waals surface area contributed by atoms with Gasteiger partial charge in [-0.25, -0.2) is 4.98 Å². The zero-order valence-corrected chi connectivity index (χ0v) is 8.29. The van der Waals surface area contributed by atoms with Crippen molar-refractivity contribution in [2.45, 2.75) is 26.2 Å². The van der Waals surface area contributed by atoms with Gasteiger partial charge >= 0.3 is 0 Å². The van der Waals surface area contributed by atoms with Crippen LogP contribution in [-0.4, -0.2) is 10.9 Å². The summed E-state index contributed by atoms with van der Waals surface area (Å²) in [7, 11) is 0. The van der Waals surface area contributed by atoms with Gasteiger partial charge in [0.05, 0.1) is 0 Å². The normalized spacial score (nSPS) is 9.79. The zero-order valence-electron chi connectivity index (χ0n) is 8.29. The van der Waals surface area contributed by atoms with Crippen molar-refractivity contribution in [2.75, 3.05) is 11.1 Å². The van der Waals surface area contributed by atoms with Gasteiger partial charge in [0, 0.05) is 6.42 Å². The molecule has 0 saturated carbocycles. The highest BCUT2D eigenvalue weighted by Gasteiger charge is 2.01. The number of carbonyl (C=O) groups is 1. The van der Waals surface area contributed by atoms with Crippen LogP contribution < -0.4 is 11.1 Å². The quantitative estimate of drug-likeness (QED) is 0.766. The minimum atomic E-state index is -0.00931. The molecule has 0 aliphatic heterocycles. The first kappa shape index (κ1) is 10.5. The van der Waals surface area contributed by atoms with Crippen molar-refractivity contribution in [3.8, 4) is 0 Å². The smallest absolute Gasteiger partial charge is 0.225 e. The number of nitrogen functional groups attached to an aromatic ring is 1. The minimum Gasteiger partial charge on any atom is -0.384 e. The predicted octanol–water partition coefficient (Wildman–Crippen LogP) is 1.79. The molecule has 4 nitrogen and oxygen atoms in total. The van der Waals surface area contributed by atoms with E-state index < -0.39 is 0 Å². The summed E-state index contributed by atoms with van der Waals surface area (Å²) < 4.78 is 0. The summed E-state index contributed by atoms with van der Waals surface area (Å²) in [6.07, 6.45) is 2.44. The van der Waals surface area contributed by atoms with Crippen molar-refractivity contribution < 1.29 is 4.79 Å². The van der Waals surface area contributed by atoms with E-state index in [0.29, 0.717) is 18.1 Å². The second-order valence-corrected chi connectivity index (χ2v) is 3.10. The molecule has 1 amide bonds. The third-order valence-corrected chi connectivity index (χ3v) is 1.80. The number of carbonyl (C=O) groups excluding carboxylic acids is 1. The largest absolute Gasteiger partial charge is 0.384 e. The molecule has 1 heterocycles. The summed E-state index contributed by atoms with van der Waals surface area (Å²) in [6.45, 7) is 2.05. The van der Waals surface area contributed by atoms with Gasteiger partial charge in [0.15, 0.2) is 0 Å². The van der Waals surface area contributed by atoms with Gasteiger partial charge in [-0.2, -0.15) is 0 Å². The van der Waals surface area contributed by atoms with Gasteiger partial charge in [-0.05, 0) is 18.6 Å². The number of rotatable bonds is 4. The molecular weight excluding hydrogens is 178 g/mol. The number of unbranched alkanes of at least 4 members (excludes halogenated alkanes) is 1. The summed E-state index contributed by atoms with van der Waals surface area (Å²) in [4.78, 5) is 15.3. The van der Waals surface area contributed by atoms with Crippen LogP contribution in [0.4, 0.5) is 11.6 Å². The molecule has 0 spiro atoms. The minimum absolute atomic E-state index is 0.00931. The molecule has 1 rings (SSSR count). The Bertz CT molecular complexity index is 312. The number of hydrogen-bond donors (Lipinski definition) is 2. The van der Waals surface area contributed by atoms with Crippen molar-refractivity contribution in [2.24, 2.45) is 0 Å². The maximum atomic E-state index is 11.3. The lowest BCUT2D eigenvalue weighted by atomic mass is 10.2. The van der Waals surface area contributed by atoms with Crippen molar-refractivity contribution in [3.63, 3.8) is 0 Å². The summed E-state index contributed by atoms with van der Waals surface area (Å²) in [6, 6.07) is 5.17. The fourth-order valence-corrected chi connectivity index (χ4v) is 1.06. The fraction of sp³-hybridized carbons (Fsp3) is 0.400. The first-order chi connectivity index (χ1) is 6.72. The van der Waals surface area contributed by atoms with Crippen LogP contribution in [0.1, 0.15) is 26.2 Å². The molecule has 3 N–H and O–H groups in total. The Morgan fingerprint density at radius 3 is 3.00 bits per heavy atom. The molecule has 0 aliphatic carbocycles. The lowest BCUT2D eigenvalue weighted by Gasteiger charge is -2.03. The molecule has 0 saturated heterocycles. The van der Waals surface area contributed by atoms with Crippen LogP contribution >= 0.6 is 0 Å². The fourth-order valence-electron chi connectivity index (χ4n) is 1.06. The highest BCUT2D eigenvalue weighted by molar-refractivity contribution is 5.89. The third-order valence-electron chi connectivity index (χ3n) is 1.80. The van der Waals surface area contributed by atoms with Gasteiger partial charge in [-0.15, -0.1) is 0 Å². The summed E-state index contributed by atoms with van der Waals surface area (Å²) in [5.74, 6) is 0.925. The molecule has 1 aromatic heterocycles. The number of nitrogens with one attached hydrogen (secondary N) is 1. The second-order valence-electron chi connectivity index (χ2n) is 3.10. The van der Waals surface area contributed by atoms with Crippen LogP contribution in [0.2, 0.25) is 0 Å². The third kappa shape index (κ3) is 3.43. The van der Waals surface area contributed by atoms with Crippen LogP contribution in [0.25, 0.3) is 0 Å². The molecule has 0 fully saturated rings. The van der Waals surface area contributed by atoms with Gasteiger partial charge in [0.25, 0.3) is 0 Å². The second kappa shape index (κ2) is 5.21. The molecule has 14 heavy (non-hydrogen) atoms. The maximum Gasteiger partial charge on any atom is 0.225 e. The van der Waals surface area contributed by atoms with Gasteiger partial charge in [0.2, 0.25) is 5.91 Å². The van der Waals surface area contributed by atoms with Crippen molar-refractivity contribution >= 4 is 17.5 Å². The van der Waals surface area contributed by atoms with Crippen molar-refractivity contribution in [1.29, 1.82) is 0 Å². The van der Waals surface area contributed by atoms with E-state index >= 15 is 0 Å². The predicted molar refractivity (Wildman–Crippen MR) is 56.8 cm³/mol. The van der Waals surface area contributed by atoms with E-state index in [1.54, 1.807) is 18.2 Å². The van der Waals surface area contributed by atoms with Crippen LogP contribution in [0.15, 0.2) is 18.2 Å². The van der Waals surface area contributed by atoms with Crippen LogP contribution in [0.5, 0.6) is 0 Å². The van der Waals surface area contributed by atoms with Gasteiger partial charge in [0.1, 0.15) is 11.6 Å². The summed E-state index contributed by atoms with van der Waals surface area (Å²) >= 11 is 0. The number of nitrogens with zero attached hydrogens (tertiary/aromatic N) is 1. The zero-order chi connectivity index (χ0) is 10.4. The number of aromatic nitrogens is 1. The van der Waals surface area contributed by atoms with Crippen LogP contribution in [-0.2, 0) is 4.79 Å². The van der Waals surface area contributed by atoms with E-state index in [-0.39, 0.29) is 5.91 Å². The lowest BCUT2D eigenvalue weighted by molar-refractivity contribution is -0.116. The summed E-state index contributed by atoms with van der Waals surface area (Å²) in [5.41, 5.74) is 5.47. The van der Waals surface area contributed by atoms with E-state index in [4.69, 9.17) is 5.73 Å². The Morgan fingerprint density at radius 2 is 2.36 bits per heavy atom. The van der Waals surface area contributed by atoms with E-state index in [2.05, 4.69) is 10.3 Å². The van der Waals surface area contributed by atoms with Crippen molar-refractivity contribution in [1.82, 2.24) is 4.98 Å². The molecular formula is C10H15N3O. The lowest BCUT2D eigenvalue weighted by Crippen LogP contribution is -2.12. The van der Waals surface area contributed by atoms with Gasteiger partial charge < -0.3 is 11.1 Å². The van der Waals surface area contributed by atoms with E-state index in [9.17, 15) is 4.79 Å². The topological polar surface area (TPSA) is 68.0 Å². The molecule has 0 radical (unpaired) electrons. The number of pyridine rings is 1. The molecule has 4 heteroatoms. The highest BCUT2D eigenvalue weighted by atomic mass is 16.1. The molecule has 0 unspecified atom stereocenters. The van der Waals surface area contributed by atoms with Gasteiger partial charge in [-0.3, -0.25) is 4.79 Å². The Morgan fingerprint density at radius 1 is 1.57 bits per heavy atom. The Labute approximate surface area is 83.5 Å². The van der Waals surface area contributed by atoms with E-state index in [0.717, 1.165) is 12.8 Å². The van der Waals surface area contributed by atoms with Crippen molar-refractivity contribution in [3.05, 3.63) is 18.2 Å². The van der Waals surface area contributed by atoms with Crippen LogP contribution in [0.3, 0.4) is 0 Å². The first-order valence-electron chi connectivity index (χ1n) is 4.74. The maximum absolute atomic E-state index is 11.3. The molecule has 0 atom stereocenters. The Balaban J connectivity index is 2.47. The highest BCUT2D eigenvalue weighted by Crippen LogP contribution is 2.06. The molecule has 1 aromatic rings. The van der Waals surface area contributed by atoms with Gasteiger partial charge in [-0.1, -0.05) is 19.4 Å². The summed E-state index contributed by atoms with van der Waals surface area (Å²) in [5, 5.41) is 2.69. The van der Waals surface area contributed by atoms with E-state index in [1.807, 2.05) is 6.92 Å². The molecule has 0 aromatic carbocycles.